The second-order valence-electron chi connectivity index (χ2n) is 9.72. The van der Waals surface area contributed by atoms with Gasteiger partial charge >= 0.3 is 5.97 Å². The molecule has 0 saturated heterocycles. The van der Waals surface area contributed by atoms with E-state index in [1.807, 2.05) is 0 Å². The first kappa shape index (κ1) is 35.3. The molecule has 216 valence electrons. The molecule has 0 aromatic heterocycles. The largest absolute Gasteiger partial charge is 0.466 e. The number of hydrogen-bond donors (Lipinski definition) is 0. The van der Waals surface area contributed by atoms with Crippen LogP contribution in [-0.2, 0) is 28.5 Å². The van der Waals surface area contributed by atoms with Gasteiger partial charge in [0.2, 0.25) is 0 Å². The zero-order valence-corrected chi connectivity index (χ0v) is 24.0. The number of ether oxygens (including phenoxy) is 5. The van der Waals surface area contributed by atoms with Crippen LogP contribution in [0, 0.1) is 0 Å². The van der Waals surface area contributed by atoms with Gasteiger partial charge in [0.05, 0.1) is 46.2 Å². The first-order valence-corrected chi connectivity index (χ1v) is 15.3. The van der Waals surface area contributed by atoms with Crippen molar-refractivity contribution in [2.45, 2.75) is 129 Å². The predicted molar refractivity (Wildman–Crippen MR) is 149 cm³/mol. The Labute approximate surface area is 223 Å². The smallest absolute Gasteiger partial charge is 0.305 e. The summed E-state index contributed by atoms with van der Waals surface area (Å²) in [6, 6.07) is 0. The molecule has 36 heavy (non-hydrogen) atoms. The van der Waals surface area contributed by atoms with E-state index in [1.165, 1.54) is 83.5 Å². The van der Waals surface area contributed by atoms with Crippen LogP contribution in [-0.4, -0.2) is 65.4 Å². The highest BCUT2D eigenvalue weighted by atomic mass is 16.6. The van der Waals surface area contributed by atoms with Crippen LogP contribution in [0.4, 0.5) is 0 Å². The van der Waals surface area contributed by atoms with Crippen molar-refractivity contribution in [1.82, 2.24) is 0 Å². The molecule has 0 aliphatic rings. The van der Waals surface area contributed by atoms with Gasteiger partial charge in [0.15, 0.2) is 0 Å². The van der Waals surface area contributed by atoms with Gasteiger partial charge in [-0.1, -0.05) is 104 Å². The lowest BCUT2D eigenvalue weighted by Crippen LogP contribution is -2.12. The minimum absolute atomic E-state index is 0.118. The summed E-state index contributed by atoms with van der Waals surface area (Å²) in [5.41, 5.74) is 0. The van der Waals surface area contributed by atoms with E-state index in [1.54, 1.807) is 0 Å². The van der Waals surface area contributed by atoms with Crippen molar-refractivity contribution < 1.29 is 28.5 Å². The molecule has 0 aliphatic heterocycles. The lowest BCUT2D eigenvalue weighted by atomic mass is 10.1. The maximum absolute atomic E-state index is 11.7. The molecule has 0 atom stereocenters. The molecule has 0 fully saturated rings. The first-order chi connectivity index (χ1) is 17.8. The van der Waals surface area contributed by atoms with E-state index in [2.05, 4.69) is 13.8 Å². The van der Waals surface area contributed by atoms with Gasteiger partial charge in [0, 0.05) is 19.6 Å². The molecule has 0 spiro atoms. The maximum atomic E-state index is 11.7. The number of hydrogen-bond acceptors (Lipinski definition) is 6. The molecule has 0 amide bonds. The summed E-state index contributed by atoms with van der Waals surface area (Å²) in [5.74, 6) is -0.118. The lowest BCUT2D eigenvalue weighted by Gasteiger charge is -2.08. The summed E-state index contributed by atoms with van der Waals surface area (Å²) in [4.78, 5) is 11.7. The quantitative estimate of drug-likeness (QED) is 0.0696. The van der Waals surface area contributed by atoms with Crippen molar-refractivity contribution >= 4 is 5.97 Å². The van der Waals surface area contributed by atoms with Crippen LogP contribution in [0.5, 0.6) is 0 Å². The van der Waals surface area contributed by atoms with Gasteiger partial charge in [-0.3, -0.25) is 4.79 Å². The minimum Gasteiger partial charge on any atom is -0.466 e. The molecule has 0 N–H and O–H groups in total. The van der Waals surface area contributed by atoms with Crippen molar-refractivity contribution in [2.75, 3.05) is 59.5 Å². The van der Waals surface area contributed by atoms with Crippen LogP contribution < -0.4 is 0 Å². The molecular weight excluding hydrogens is 456 g/mol. The standard InChI is InChI=1S/C30H60O6/c1-3-5-7-9-11-12-13-14-15-17-21-32-24-26-34-28-29-35-27-25-33-22-19-20-30(31)36-23-18-16-10-8-6-4-2/h3-29H2,1-2H3. The van der Waals surface area contributed by atoms with Gasteiger partial charge in [-0.05, 0) is 19.3 Å². The van der Waals surface area contributed by atoms with Crippen molar-refractivity contribution in [3.05, 3.63) is 0 Å². The second kappa shape index (κ2) is 32.3. The zero-order valence-electron chi connectivity index (χ0n) is 24.0. The number of unbranched alkanes of at least 4 members (excludes halogenated alkanes) is 14. The molecule has 0 rings (SSSR count). The number of esters is 1. The third-order valence-electron chi connectivity index (χ3n) is 6.19. The fourth-order valence-electron chi connectivity index (χ4n) is 3.91. The molecule has 0 radical (unpaired) electrons. The van der Waals surface area contributed by atoms with E-state index in [0.29, 0.717) is 65.7 Å². The lowest BCUT2D eigenvalue weighted by molar-refractivity contribution is -0.144. The Morgan fingerprint density at radius 2 is 0.722 bits per heavy atom. The summed E-state index contributed by atoms with van der Waals surface area (Å²) in [6.45, 7) is 9.92. The highest BCUT2D eigenvalue weighted by Crippen LogP contribution is 2.10. The highest BCUT2D eigenvalue weighted by molar-refractivity contribution is 5.69. The zero-order chi connectivity index (χ0) is 26.2. The molecule has 0 aromatic carbocycles. The number of rotatable bonds is 31. The fourth-order valence-corrected chi connectivity index (χ4v) is 3.91. The third-order valence-corrected chi connectivity index (χ3v) is 6.19. The molecule has 0 heterocycles. The topological polar surface area (TPSA) is 63.2 Å². The third kappa shape index (κ3) is 31.3. The number of carbonyl (C=O) groups excluding carboxylic acids is 1. The maximum Gasteiger partial charge on any atom is 0.305 e. The molecule has 0 aliphatic carbocycles. The van der Waals surface area contributed by atoms with Crippen LogP contribution in [0.25, 0.3) is 0 Å². The Kier molecular flexibility index (Phi) is 31.7. The van der Waals surface area contributed by atoms with Crippen LogP contribution in [0.15, 0.2) is 0 Å². The van der Waals surface area contributed by atoms with E-state index >= 15 is 0 Å². The van der Waals surface area contributed by atoms with E-state index in [0.717, 1.165) is 25.9 Å². The van der Waals surface area contributed by atoms with Gasteiger partial charge in [0.1, 0.15) is 0 Å². The Hall–Kier alpha value is -0.690. The van der Waals surface area contributed by atoms with Gasteiger partial charge in [-0.25, -0.2) is 0 Å². The normalized spacial score (nSPS) is 11.3. The average molecular weight is 517 g/mol. The first-order valence-electron chi connectivity index (χ1n) is 15.3. The SMILES string of the molecule is CCCCCCCCCCCCOCCOCCOCCOCCCC(=O)OCCCCCCCC. The van der Waals surface area contributed by atoms with Gasteiger partial charge < -0.3 is 23.7 Å². The van der Waals surface area contributed by atoms with Gasteiger partial charge in [0.25, 0.3) is 0 Å². The van der Waals surface area contributed by atoms with Crippen LogP contribution >= 0.6 is 0 Å². The molecule has 6 heteroatoms. The molecule has 6 nitrogen and oxygen atoms in total. The van der Waals surface area contributed by atoms with E-state index in [-0.39, 0.29) is 5.97 Å². The molecule has 0 saturated carbocycles. The van der Waals surface area contributed by atoms with Crippen molar-refractivity contribution in [3.63, 3.8) is 0 Å². The summed E-state index contributed by atoms with van der Waals surface area (Å²) in [5, 5.41) is 0. The summed E-state index contributed by atoms with van der Waals surface area (Å²) in [7, 11) is 0. The summed E-state index contributed by atoms with van der Waals surface area (Å²) < 4.78 is 27.4. The van der Waals surface area contributed by atoms with E-state index < -0.39 is 0 Å². The summed E-state index contributed by atoms with van der Waals surface area (Å²) in [6.07, 6.45) is 21.8. The second-order valence-corrected chi connectivity index (χ2v) is 9.72. The monoisotopic (exact) mass is 516 g/mol. The van der Waals surface area contributed by atoms with E-state index in [4.69, 9.17) is 23.7 Å². The van der Waals surface area contributed by atoms with Crippen LogP contribution in [0.2, 0.25) is 0 Å². The fraction of sp³-hybridized carbons (Fsp3) is 0.967. The predicted octanol–water partition coefficient (Wildman–Crippen LogP) is 7.66. The molecule has 0 aromatic rings. The number of carbonyl (C=O) groups is 1. The van der Waals surface area contributed by atoms with E-state index in [9.17, 15) is 4.79 Å². The van der Waals surface area contributed by atoms with Gasteiger partial charge in [-0.15, -0.1) is 0 Å². The average Bonchev–Trinajstić information content (AvgIpc) is 2.88. The van der Waals surface area contributed by atoms with Crippen molar-refractivity contribution in [2.24, 2.45) is 0 Å². The molecule has 0 bridgehead atoms. The highest BCUT2D eigenvalue weighted by Gasteiger charge is 2.02. The molecular formula is C30H60O6. The van der Waals surface area contributed by atoms with Crippen LogP contribution in [0.3, 0.4) is 0 Å². The van der Waals surface area contributed by atoms with Crippen LogP contribution in [0.1, 0.15) is 129 Å². The Morgan fingerprint density at radius 1 is 0.389 bits per heavy atom. The van der Waals surface area contributed by atoms with Crippen molar-refractivity contribution in [3.8, 4) is 0 Å². The Balaban J connectivity index is 3.10. The Bertz CT molecular complexity index is 418. The molecule has 0 unspecified atom stereocenters. The summed E-state index contributed by atoms with van der Waals surface area (Å²) >= 11 is 0. The van der Waals surface area contributed by atoms with Gasteiger partial charge in [-0.2, -0.15) is 0 Å². The van der Waals surface area contributed by atoms with Crippen molar-refractivity contribution in [1.29, 1.82) is 0 Å². The minimum atomic E-state index is -0.118. The Morgan fingerprint density at radius 3 is 1.17 bits per heavy atom.